The summed E-state index contributed by atoms with van der Waals surface area (Å²) in [6.07, 6.45) is 1.94. The minimum Gasteiger partial charge on any atom is -0.383 e. The number of pyridine rings is 2. The molecule has 0 radical (unpaired) electrons. The van der Waals surface area contributed by atoms with Crippen LogP contribution in [0.25, 0.3) is 10.8 Å². The molecular weight excluding hydrogens is 462 g/mol. The number of nitrogens with two attached hydrogens (primary N) is 2. The lowest BCUT2D eigenvalue weighted by Crippen LogP contribution is -2.20. The van der Waals surface area contributed by atoms with Crippen molar-refractivity contribution in [1.29, 1.82) is 0 Å². The Kier molecular flexibility index (Phi) is 7.15. The molecule has 0 amide bonds. The number of alkyl halides is 3. The Bertz CT molecular complexity index is 1300. The van der Waals surface area contributed by atoms with E-state index >= 15 is 0 Å². The third-order valence-electron chi connectivity index (χ3n) is 5.66. The number of nitrogens with zero attached hydrogens (tertiary/aromatic N) is 5. The van der Waals surface area contributed by atoms with Crippen LogP contribution in [0.1, 0.15) is 29.7 Å². The summed E-state index contributed by atoms with van der Waals surface area (Å²) in [4.78, 5) is 9.98. The Morgan fingerprint density at radius 1 is 0.971 bits per heavy atom. The maximum atomic E-state index is 14.1. The molecule has 0 saturated carbocycles. The van der Waals surface area contributed by atoms with Gasteiger partial charge in [-0.2, -0.15) is 18.3 Å². The zero-order chi connectivity index (χ0) is 25.0. The minimum atomic E-state index is -4.48. The van der Waals surface area contributed by atoms with E-state index in [0.717, 1.165) is 53.0 Å². The number of nitrogen functional groups attached to an aromatic ring is 1. The highest BCUT2D eigenvalue weighted by molar-refractivity contribution is 5.91. The van der Waals surface area contributed by atoms with Gasteiger partial charge in [0.1, 0.15) is 5.82 Å². The summed E-state index contributed by atoms with van der Waals surface area (Å²) < 4.78 is 52.6. The average Bonchev–Trinajstić information content (AvgIpc) is 3.52. The number of hydrogen-bond donors (Lipinski definition) is 2. The Hall–Kier alpha value is -3.73. The summed E-state index contributed by atoms with van der Waals surface area (Å²) in [6.45, 7) is 2.15. The van der Waals surface area contributed by atoms with Crippen LogP contribution >= 0.6 is 0 Å². The van der Waals surface area contributed by atoms with E-state index in [0.29, 0.717) is 23.7 Å². The Balaban J connectivity index is 0.000000189. The average molecular weight is 488 g/mol. The van der Waals surface area contributed by atoms with Gasteiger partial charge in [0, 0.05) is 43.6 Å². The van der Waals surface area contributed by atoms with Crippen LogP contribution in [0.15, 0.2) is 55.0 Å². The molecule has 1 saturated heterocycles. The minimum absolute atomic E-state index is 0.0419. The molecule has 0 aliphatic carbocycles. The summed E-state index contributed by atoms with van der Waals surface area (Å²) >= 11 is 0. The van der Waals surface area contributed by atoms with Gasteiger partial charge in [0.05, 0.1) is 6.54 Å². The lowest BCUT2D eigenvalue weighted by atomic mass is 10.1. The van der Waals surface area contributed by atoms with Crippen molar-refractivity contribution in [3.63, 3.8) is 0 Å². The first-order valence-electron chi connectivity index (χ1n) is 11.1. The van der Waals surface area contributed by atoms with E-state index < -0.39 is 17.7 Å². The Labute approximate surface area is 199 Å². The van der Waals surface area contributed by atoms with Crippen LogP contribution in [0.4, 0.5) is 29.2 Å². The van der Waals surface area contributed by atoms with Crippen molar-refractivity contribution in [2.24, 2.45) is 5.73 Å². The van der Waals surface area contributed by atoms with Crippen molar-refractivity contribution in [2.75, 3.05) is 23.7 Å². The molecule has 0 bridgehead atoms. The molecule has 35 heavy (non-hydrogen) atoms. The van der Waals surface area contributed by atoms with E-state index in [2.05, 4.69) is 15.1 Å². The summed E-state index contributed by atoms with van der Waals surface area (Å²) in [7, 11) is 0. The summed E-state index contributed by atoms with van der Waals surface area (Å²) in [5.41, 5.74) is 11.9. The van der Waals surface area contributed by atoms with Crippen molar-refractivity contribution in [3.05, 3.63) is 77.6 Å². The van der Waals surface area contributed by atoms with Gasteiger partial charge < -0.3 is 16.4 Å². The van der Waals surface area contributed by atoms with Gasteiger partial charge in [-0.3, -0.25) is 4.68 Å². The second-order valence-corrected chi connectivity index (χ2v) is 8.20. The third kappa shape index (κ3) is 5.86. The molecule has 1 aliphatic heterocycles. The van der Waals surface area contributed by atoms with Crippen LogP contribution in [-0.4, -0.2) is 32.8 Å². The summed E-state index contributed by atoms with van der Waals surface area (Å²) in [5.74, 6) is 0.418. The lowest BCUT2D eigenvalue weighted by molar-refractivity contribution is -0.141. The molecule has 1 fully saturated rings. The number of anilines is 2. The first kappa shape index (κ1) is 24.4. The molecule has 7 nitrogen and oxygen atoms in total. The van der Waals surface area contributed by atoms with Crippen LogP contribution in [0.5, 0.6) is 0 Å². The molecule has 184 valence electrons. The smallest absolute Gasteiger partial charge is 0.383 e. The quantitative estimate of drug-likeness (QED) is 0.415. The van der Waals surface area contributed by atoms with Gasteiger partial charge in [-0.05, 0) is 53.6 Å². The number of rotatable bonds is 4. The molecule has 3 aromatic heterocycles. The molecule has 1 aromatic carbocycles. The zero-order valence-corrected chi connectivity index (χ0v) is 18.8. The highest BCUT2D eigenvalue weighted by atomic mass is 19.4. The fraction of sp³-hybridized carbons (Fsp3) is 0.292. The summed E-state index contributed by atoms with van der Waals surface area (Å²) in [5, 5.41) is 5.52. The van der Waals surface area contributed by atoms with E-state index in [1.54, 1.807) is 6.20 Å². The van der Waals surface area contributed by atoms with E-state index in [4.69, 9.17) is 11.5 Å². The summed E-state index contributed by atoms with van der Waals surface area (Å²) in [6, 6.07) is 10.1. The van der Waals surface area contributed by atoms with Crippen molar-refractivity contribution in [2.45, 2.75) is 32.1 Å². The second-order valence-electron chi connectivity index (χ2n) is 8.20. The van der Waals surface area contributed by atoms with Crippen LogP contribution in [0.2, 0.25) is 0 Å². The van der Waals surface area contributed by atoms with Gasteiger partial charge in [0.2, 0.25) is 0 Å². The molecule has 11 heteroatoms. The van der Waals surface area contributed by atoms with E-state index in [1.165, 1.54) is 18.5 Å². The van der Waals surface area contributed by atoms with Crippen LogP contribution in [0.3, 0.4) is 0 Å². The number of aromatic nitrogens is 4. The van der Waals surface area contributed by atoms with E-state index in [1.807, 2.05) is 29.2 Å². The number of fused-ring (bicyclic) bond motifs is 1. The highest BCUT2D eigenvalue weighted by Crippen LogP contribution is 2.27. The van der Waals surface area contributed by atoms with Gasteiger partial charge in [0.15, 0.2) is 17.3 Å². The number of halogens is 4. The molecule has 4 heterocycles. The van der Waals surface area contributed by atoms with Gasteiger partial charge in [-0.1, -0.05) is 12.1 Å². The van der Waals surface area contributed by atoms with Gasteiger partial charge in [-0.15, -0.1) is 0 Å². The highest BCUT2D eigenvalue weighted by Gasteiger charge is 2.33. The van der Waals surface area contributed by atoms with Crippen molar-refractivity contribution in [1.82, 2.24) is 19.7 Å². The maximum Gasteiger partial charge on any atom is 0.435 e. The first-order valence-corrected chi connectivity index (χ1v) is 11.1. The number of hydrogen-bond acceptors (Lipinski definition) is 6. The molecule has 0 unspecified atom stereocenters. The van der Waals surface area contributed by atoms with Crippen LogP contribution in [-0.2, 0) is 19.3 Å². The Morgan fingerprint density at radius 3 is 2.40 bits per heavy atom. The van der Waals surface area contributed by atoms with Gasteiger partial charge in [-0.25, -0.2) is 14.4 Å². The largest absolute Gasteiger partial charge is 0.435 e. The molecular formula is C24H25F4N7. The van der Waals surface area contributed by atoms with Crippen molar-refractivity contribution >= 4 is 22.4 Å². The maximum absolute atomic E-state index is 14.1. The predicted molar refractivity (Wildman–Crippen MR) is 126 cm³/mol. The fourth-order valence-corrected chi connectivity index (χ4v) is 3.88. The predicted octanol–water partition coefficient (Wildman–Crippen LogP) is 4.36. The van der Waals surface area contributed by atoms with Crippen LogP contribution in [0, 0.1) is 5.82 Å². The fourth-order valence-electron chi connectivity index (χ4n) is 3.88. The van der Waals surface area contributed by atoms with E-state index in [9.17, 15) is 17.6 Å². The van der Waals surface area contributed by atoms with Gasteiger partial charge in [0.25, 0.3) is 0 Å². The molecule has 4 N–H and O–H groups in total. The monoisotopic (exact) mass is 487 g/mol. The first-order chi connectivity index (χ1) is 16.7. The molecule has 5 rings (SSSR count). The topological polar surface area (TPSA) is 98.9 Å². The molecule has 1 aliphatic rings. The van der Waals surface area contributed by atoms with E-state index in [-0.39, 0.29) is 6.54 Å². The number of benzene rings is 1. The van der Waals surface area contributed by atoms with Crippen LogP contribution < -0.4 is 16.4 Å². The molecule has 4 aromatic rings. The lowest BCUT2D eigenvalue weighted by Gasteiger charge is -2.17. The standard InChI is InChI=1S/C14H14F4N4.C10H11N3/c15-11-7-10(8-19-13(11)21-4-1-2-5-21)9-22-6-3-12(20-22)14(16,17)18;11-6-7-1-2-9-8(5-7)3-4-13-10(9)12/h3,6-8H,1-2,4-5,9H2;1-5H,6,11H2,(H2,12,13). The second kappa shape index (κ2) is 10.3. The Morgan fingerprint density at radius 2 is 1.74 bits per heavy atom. The van der Waals surface area contributed by atoms with Gasteiger partial charge >= 0.3 is 6.18 Å². The molecule has 0 spiro atoms. The zero-order valence-electron chi connectivity index (χ0n) is 18.8. The normalized spacial score (nSPS) is 13.7. The SMILES string of the molecule is Fc1cc(Cn2ccc(C(F)(F)F)n2)cnc1N1CCCC1.NCc1ccc2c(N)nccc2c1. The third-order valence-corrected chi connectivity index (χ3v) is 5.66. The van der Waals surface area contributed by atoms with Crippen molar-refractivity contribution in [3.8, 4) is 0 Å². The van der Waals surface area contributed by atoms with Crippen molar-refractivity contribution < 1.29 is 17.6 Å². The molecule has 0 atom stereocenters.